The number of anilines is 1. The van der Waals surface area contributed by atoms with Gasteiger partial charge in [-0.3, -0.25) is 10.1 Å². The number of thiazole rings is 1. The van der Waals surface area contributed by atoms with Crippen molar-refractivity contribution in [3.05, 3.63) is 11.1 Å². The molecule has 0 aliphatic heterocycles. The van der Waals surface area contributed by atoms with Crippen molar-refractivity contribution in [1.82, 2.24) is 10.3 Å². The number of carboxylic acid groups (broad SMARTS) is 1. The molecule has 118 valence electrons. The third-order valence-corrected chi connectivity index (χ3v) is 3.77. The van der Waals surface area contributed by atoms with Crippen molar-refractivity contribution in [1.29, 1.82) is 0 Å². The summed E-state index contributed by atoms with van der Waals surface area (Å²) >= 11 is 1.39. The highest BCUT2D eigenvalue weighted by Gasteiger charge is 2.18. The molecule has 0 spiro atoms. The van der Waals surface area contributed by atoms with Crippen LogP contribution in [0.3, 0.4) is 0 Å². The number of aliphatic carboxylic acids is 1. The number of hydrogen-bond acceptors (Lipinski definition) is 4. The fraction of sp³-hybridized carbons (Fsp3) is 0.643. The summed E-state index contributed by atoms with van der Waals surface area (Å²) < 4.78 is 0. The van der Waals surface area contributed by atoms with Crippen LogP contribution < -0.4 is 10.6 Å². The van der Waals surface area contributed by atoms with Crippen LogP contribution in [0.2, 0.25) is 0 Å². The van der Waals surface area contributed by atoms with Gasteiger partial charge in [0.05, 0.1) is 11.6 Å². The van der Waals surface area contributed by atoms with Crippen LogP contribution in [0.5, 0.6) is 0 Å². The van der Waals surface area contributed by atoms with Gasteiger partial charge in [-0.05, 0) is 12.8 Å². The molecule has 0 bridgehead atoms. The van der Waals surface area contributed by atoms with Crippen molar-refractivity contribution in [2.45, 2.75) is 46.0 Å². The minimum absolute atomic E-state index is 0.0418. The molecule has 2 amide bonds. The molecule has 7 heteroatoms. The molecule has 0 radical (unpaired) electrons. The fourth-order valence-electron chi connectivity index (χ4n) is 1.55. The van der Waals surface area contributed by atoms with Crippen molar-refractivity contribution in [3.8, 4) is 0 Å². The summed E-state index contributed by atoms with van der Waals surface area (Å²) in [6, 6.07) is -0.312. The van der Waals surface area contributed by atoms with Gasteiger partial charge in [-0.2, -0.15) is 0 Å². The van der Waals surface area contributed by atoms with Gasteiger partial charge in [0, 0.05) is 17.3 Å². The molecule has 1 rings (SSSR count). The van der Waals surface area contributed by atoms with Crippen molar-refractivity contribution in [3.63, 3.8) is 0 Å². The summed E-state index contributed by atoms with van der Waals surface area (Å²) in [4.78, 5) is 26.7. The molecule has 6 nitrogen and oxygen atoms in total. The van der Waals surface area contributed by atoms with E-state index in [0.29, 0.717) is 24.5 Å². The van der Waals surface area contributed by atoms with Crippen LogP contribution in [0.1, 0.15) is 46.2 Å². The lowest BCUT2D eigenvalue weighted by Gasteiger charge is -2.14. The van der Waals surface area contributed by atoms with Crippen LogP contribution in [0, 0.1) is 5.92 Å². The number of hydrogen-bond donors (Lipinski definition) is 3. The maximum absolute atomic E-state index is 11.7. The number of carboxylic acids is 1. The first kappa shape index (κ1) is 17.4. The highest BCUT2D eigenvalue weighted by Crippen LogP contribution is 2.26. The maximum atomic E-state index is 11.7. The number of rotatable bonds is 6. The number of aromatic nitrogens is 1. The van der Waals surface area contributed by atoms with Crippen molar-refractivity contribution in [2.24, 2.45) is 5.92 Å². The summed E-state index contributed by atoms with van der Waals surface area (Å²) in [5, 5.41) is 16.6. The molecular weight excluding hydrogens is 290 g/mol. The van der Waals surface area contributed by atoms with Gasteiger partial charge < -0.3 is 10.4 Å². The number of amides is 2. The van der Waals surface area contributed by atoms with Crippen LogP contribution in [0.15, 0.2) is 5.38 Å². The summed E-state index contributed by atoms with van der Waals surface area (Å²) in [5.41, 5.74) is 0.901. The van der Waals surface area contributed by atoms with Crippen LogP contribution in [0.4, 0.5) is 9.93 Å². The highest BCUT2D eigenvalue weighted by atomic mass is 32.1. The van der Waals surface area contributed by atoms with Gasteiger partial charge in [0.25, 0.3) is 0 Å². The van der Waals surface area contributed by atoms with Crippen LogP contribution >= 0.6 is 11.3 Å². The van der Waals surface area contributed by atoms with E-state index in [4.69, 9.17) is 5.11 Å². The Hall–Kier alpha value is -1.63. The van der Waals surface area contributed by atoms with Crippen molar-refractivity contribution >= 4 is 28.5 Å². The standard InChI is InChI=1S/C14H23N3O3S/c1-9(11(18)19)6-5-7-15-12(20)17-13-16-10(8-21-13)14(2,3)4/h8-9H,5-7H2,1-4H3,(H,18,19)(H2,15,16,17,20). The van der Waals surface area contributed by atoms with Gasteiger partial charge in [0.1, 0.15) is 0 Å². The molecule has 1 heterocycles. The Morgan fingerprint density at radius 1 is 1.43 bits per heavy atom. The number of carbonyl (C=O) groups excluding carboxylic acids is 1. The van der Waals surface area contributed by atoms with E-state index in [2.05, 4.69) is 36.4 Å². The smallest absolute Gasteiger partial charge is 0.321 e. The largest absolute Gasteiger partial charge is 0.481 e. The average Bonchev–Trinajstić information content (AvgIpc) is 2.82. The van der Waals surface area contributed by atoms with E-state index in [9.17, 15) is 9.59 Å². The van der Waals surface area contributed by atoms with Crippen LogP contribution in [0.25, 0.3) is 0 Å². The molecule has 0 saturated carbocycles. The first-order chi connectivity index (χ1) is 9.70. The Morgan fingerprint density at radius 3 is 2.62 bits per heavy atom. The minimum atomic E-state index is -0.808. The lowest BCUT2D eigenvalue weighted by atomic mass is 9.93. The zero-order valence-electron chi connectivity index (χ0n) is 12.9. The molecule has 1 unspecified atom stereocenters. The third-order valence-electron chi connectivity index (χ3n) is 3.01. The maximum Gasteiger partial charge on any atom is 0.321 e. The zero-order chi connectivity index (χ0) is 16.0. The second-order valence-electron chi connectivity index (χ2n) is 6.05. The molecule has 1 aromatic rings. The number of urea groups is 1. The second-order valence-corrected chi connectivity index (χ2v) is 6.91. The summed E-state index contributed by atoms with van der Waals surface area (Å²) in [7, 11) is 0. The second kappa shape index (κ2) is 7.40. The Labute approximate surface area is 129 Å². The topological polar surface area (TPSA) is 91.3 Å². The Balaban J connectivity index is 2.31. The van der Waals surface area contributed by atoms with Gasteiger partial charge in [-0.1, -0.05) is 27.7 Å². The molecule has 21 heavy (non-hydrogen) atoms. The highest BCUT2D eigenvalue weighted by molar-refractivity contribution is 7.13. The van der Waals surface area contributed by atoms with Gasteiger partial charge in [0.15, 0.2) is 5.13 Å². The molecule has 3 N–H and O–H groups in total. The lowest BCUT2D eigenvalue weighted by molar-refractivity contribution is -0.141. The zero-order valence-corrected chi connectivity index (χ0v) is 13.7. The van der Waals surface area contributed by atoms with E-state index in [0.717, 1.165) is 5.69 Å². The number of nitrogens with zero attached hydrogens (tertiary/aromatic N) is 1. The summed E-state index contributed by atoms with van der Waals surface area (Å²) in [6.07, 6.45) is 1.17. The molecule has 1 aromatic heterocycles. The quantitative estimate of drug-likeness (QED) is 0.704. The third kappa shape index (κ3) is 6.12. The molecule has 1 atom stereocenters. The van der Waals surface area contributed by atoms with Crippen LogP contribution in [-0.4, -0.2) is 28.6 Å². The molecule has 0 aliphatic carbocycles. The predicted octanol–water partition coefficient (Wildman–Crippen LogP) is 3.06. The van der Waals surface area contributed by atoms with Gasteiger partial charge in [-0.25, -0.2) is 9.78 Å². The van der Waals surface area contributed by atoms with Crippen LogP contribution in [-0.2, 0) is 10.2 Å². The van der Waals surface area contributed by atoms with E-state index < -0.39 is 5.97 Å². The first-order valence-corrected chi connectivity index (χ1v) is 7.82. The van der Waals surface area contributed by atoms with E-state index in [-0.39, 0.29) is 17.4 Å². The van der Waals surface area contributed by atoms with E-state index in [1.165, 1.54) is 11.3 Å². The van der Waals surface area contributed by atoms with E-state index >= 15 is 0 Å². The predicted molar refractivity (Wildman–Crippen MR) is 83.9 cm³/mol. The minimum Gasteiger partial charge on any atom is -0.481 e. The summed E-state index contributed by atoms with van der Waals surface area (Å²) in [5.74, 6) is -1.19. The summed E-state index contributed by atoms with van der Waals surface area (Å²) in [6.45, 7) is 8.30. The van der Waals surface area contributed by atoms with E-state index in [1.807, 2.05) is 5.38 Å². The number of nitrogens with one attached hydrogen (secondary N) is 2. The van der Waals surface area contributed by atoms with Gasteiger partial charge in [0.2, 0.25) is 0 Å². The SMILES string of the molecule is CC(CCCNC(=O)Nc1nc(C(C)(C)C)cs1)C(=O)O. The van der Waals surface area contributed by atoms with Crippen molar-refractivity contribution in [2.75, 3.05) is 11.9 Å². The molecular formula is C14H23N3O3S. The van der Waals surface area contributed by atoms with Gasteiger partial charge in [-0.15, -0.1) is 11.3 Å². The molecule has 0 saturated heterocycles. The fourth-order valence-corrected chi connectivity index (χ4v) is 2.48. The lowest BCUT2D eigenvalue weighted by Crippen LogP contribution is -2.30. The van der Waals surface area contributed by atoms with Crippen molar-refractivity contribution < 1.29 is 14.7 Å². The molecule has 0 aromatic carbocycles. The first-order valence-electron chi connectivity index (χ1n) is 6.94. The molecule has 0 fully saturated rings. The molecule has 0 aliphatic rings. The monoisotopic (exact) mass is 313 g/mol. The Morgan fingerprint density at radius 2 is 2.10 bits per heavy atom. The van der Waals surface area contributed by atoms with E-state index in [1.54, 1.807) is 6.92 Å². The normalized spacial score (nSPS) is 12.8. The average molecular weight is 313 g/mol. The van der Waals surface area contributed by atoms with Gasteiger partial charge >= 0.3 is 12.0 Å². The Bertz CT molecular complexity index is 494. The number of carbonyl (C=O) groups is 2. The Kier molecular flexibility index (Phi) is 6.14.